The summed E-state index contributed by atoms with van der Waals surface area (Å²) in [6.45, 7) is 3.89. The average Bonchev–Trinajstić information content (AvgIpc) is 3.09. The zero-order valence-electron chi connectivity index (χ0n) is 15.2. The van der Waals surface area contributed by atoms with E-state index in [2.05, 4.69) is 11.2 Å². The highest BCUT2D eigenvalue weighted by molar-refractivity contribution is 6.33. The number of nitrogens with zero attached hydrogens (tertiary/aromatic N) is 2. The molecule has 0 spiro atoms. The van der Waals surface area contributed by atoms with Gasteiger partial charge in [-0.2, -0.15) is 5.10 Å². The number of hydrogen-bond donors (Lipinski definition) is 1. The maximum Gasteiger partial charge on any atom is 0.341 e. The molecule has 1 heterocycles. The van der Waals surface area contributed by atoms with Gasteiger partial charge in [0.25, 0.3) is 0 Å². The van der Waals surface area contributed by atoms with Crippen molar-refractivity contribution in [1.82, 2.24) is 0 Å². The highest BCUT2D eigenvalue weighted by Gasteiger charge is 2.29. The van der Waals surface area contributed by atoms with Crippen LogP contribution in [0.15, 0.2) is 41.5 Å². The summed E-state index contributed by atoms with van der Waals surface area (Å²) in [5.74, 6) is -1.60. The molecule has 0 aliphatic carbocycles. The Morgan fingerprint density at radius 3 is 2.74 bits per heavy atom. The summed E-state index contributed by atoms with van der Waals surface area (Å²) < 4.78 is 5.24. The van der Waals surface area contributed by atoms with Crippen molar-refractivity contribution >= 4 is 37.0 Å². The number of ether oxygens (including phenoxy) is 1. The maximum absolute atomic E-state index is 13.0. The van der Waals surface area contributed by atoms with E-state index in [9.17, 15) is 9.59 Å². The molecule has 1 unspecified atom stereocenters. The Morgan fingerprint density at radius 2 is 2.04 bits per heavy atom. The van der Waals surface area contributed by atoms with Crippen LogP contribution in [0.2, 0.25) is 0 Å². The SMILES string of the molecule is [B]c1ccc(OCC(=O)O)c(C(=O)C2C=NN(c3ccc(C)cc3C)C2)c1. The van der Waals surface area contributed by atoms with Gasteiger partial charge < -0.3 is 9.84 Å². The van der Waals surface area contributed by atoms with Crippen LogP contribution in [0.1, 0.15) is 21.5 Å². The fraction of sp³-hybridized carbons (Fsp3) is 0.250. The first kappa shape index (κ1) is 18.7. The van der Waals surface area contributed by atoms with Crippen LogP contribution >= 0.6 is 0 Å². The number of hydrogen-bond acceptors (Lipinski definition) is 5. The quantitative estimate of drug-likeness (QED) is 0.627. The van der Waals surface area contributed by atoms with Crippen molar-refractivity contribution in [2.45, 2.75) is 13.8 Å². The third-order valence-electron chi connectivity index (χ3n) is 4.34. The highest BCUT2D eigenvalue weighted by atomic mass is 16.5. The second kappa shape index (κ2) is 7.66. The molecule has 1 atom stereocenters. The van der Waals surface area contributed by atoms with Crippen LogP contribution in [0.25, 0.3) is 0 Å². The fourth-order valence-corrected chi connectivity index (χ4v) is 3.05. The van der Waals surface area contributed by atoms with Crippen molar-refractivity contribution in [2.24, 2.45) is 11.0 Å². The minimum absolute atomic E-state index is 0.204. The predicted octanol–water partition coefficient (Wildman–Crippen LogP) is 1.87. The number of hydrazone groups is 1. The molecule has 0 fully saturated rings. The number of aliphatic carboxylic acids is 1. The summed E-state index contributed by atoms with van der Waals surface area (Å²) in [4.78, 5) is 23.7. The van der Waals surface area contributed by atoms with Gasteiger partial charge in [-0.25, -0.2) is 4.79 Å². The van der Waals surface area contributed by atoms with Gasteiger partial charge in [0.2, 0.25) is 0 Å². The number of carbonyl (C=O) groups excluding carboxylic acids is 1. The number of benzene rings is 2. The van der Waals surface area contributed by atoms with E-state index >= 15 is 0 Å². The lowest BCUT2D eigenvalue weighted by atomic mass is 9.90. The molecule has 0 saturated carbocycles. The van der Waals surface area contributed by atoms with Crippen molar-refractivity contribution in [2.75, 3.05) is 18.2 Å². The standard InChI is InChI=1S/C20H19BN2O4/c1-12-3-5-17(13(2)7-12)23-10-14(9-22-23)20(26)16-8-15(21)4-6-18(16)27-11-19(24)25/h3-9,14H,10-11H2,1-2H3,(H,24,25). The smallest absolute Gasteiger partial charge is 0.341 e. The lowest BCUT2D eigenvalue weighted by molar-refractivity contribution is -0.139. The molecule has 2 aromatic carbocycles. The zero-order chi connectivity index (χ0) is 19.6. The third kappa shape index (κ3) is 4.19. The molecule has 7 heteroatoms. The summed E-state index contributed by atoms with van der Waals surface area (Å²) in [5, 5.41) is 15.0. The molecule has 1 N–H and O–H groups in total. The van der Waals surface area contributed by atoms with E-state index in [4.69, 9.17) is 17.7 Å². The van der Waals surface area contributed by atoms with E-state index < -0.39 is 18.5 Å². The molecule has 2 radical (unpaired) electrons. The molecular weight excluding hydrogens is 343 g/mol. The van der Waals surface area contributed by atoms with E-state index in [1.807, 2.05) is 26.0 Å². The fourth-order valence-electron chi connectivity index (χ4n) is 3.05. The van der Waals surface area contributed by atoms with E-state index in [-0.39, 0.29) is 17.1 Å². The van der Waals surface area contributed by atoms with E-state index in [1.54, 1.807) is 17.3 Å². The zero-order valence-corrected chi connectivity index (χ0v) is 15.2. The largest absolute Gasteiger partial charge is 0.481 e. The minimum atomic E-state index is -1.12. The van der Waals surface area contributed by atoms with Crippen LogP contribution in [0.5, 0.6) is 5.75 Å². The Labute approximate surface area is 158 Å². The monoisotopic (exact) mass is 362 g/mol. The molecule has 2 aromatic rings. The third-order valence-corrected chi connectivity index (χ3v) is 4.34. The van der Waals surface area contributed by atoms with Crippen LogP contribution in [-0.2, 0) is 4.79 Å². The van der Waals surface area contributed by atoms with Gasteiger partial charge in [-0.05, 0) is 31.5 Å². The minimum Gasteiger partial charge on any atom is -0.481 e. The molecule has 0 amide bonds. The normalized spacial score (nSPS) is 15.8. The maximum atomic E-state index is 13.0. The first-order valence-corrected chi connectivity index (χ1v) is 8.52. The van der Waals surface area contributed by atoms with Gasteiger partial charge in [0.15, 0.2) is 12.4 Å². The van der Waals surface area contributed by atoms with Gasteiger partial charge in [-0.3, -0.25) is 9.80 Å². The first-order valence-electron chi connectivity index (χ1n) is 8.52. The van der Waals surface area contributed by atoms with E-state index in [0.29, 0.717) is 12.0 Å². The Kier molecular flexibility index (Phi) is 5.30. The summed E-state index contributed by atoms with van der Waals surface area (Å²) >= 11 is 0. The van der Waals surface area contributed by atoms with Crippen molar-refractivity contribution in [1.29, 1.82) is 0 Å². The molecule has 0 aromatic heterocycles. The summed E-state index contributed by atoms with van der Waals surface area (Å²) in [7, 11) is 5.80. The van der Waals surface area contributed by atoms with Gasteiger partial charge in [-0.15, -0.1) is 0 Å². The van der Waals surface area contributed by atoms with Crippen LogP contribution < -0.4 is 15.2 Å². The average molecular weight is 362 g/mol. The number of carboxylic acids is 1. The molecular formula is C20H19BN2O4. The van der Waals surface area contributed by atoms with Crippen molar-refractivity contribution in [3.8, 4) is 5.75 Å². The molecule has 0 saturated heterocycles. The van der Waals surface area contributed by atoms with E-state index in [1.165, 1.54) is 12.1 Å². The molecule has 3 rings (SSSR count). The first-order chi connectivity index (χ1) is 12.8. The number of aryl methyl sites for hydroxylation is 2. The number of anilines is 1. The van der Waals surface area contributed by atoms with Crippen LogP contribution in [0, 0.1) is 19.8 Å². The second-order valence-electron chi connectivity index (χ2n) is 6.55. The topological polar surface area (TPSA) is 79.2 Å². The Morgan fingerprint density at radius 1 is 1.26 bits per heavy atom. The van der Waals surface area contributed by atoms with Gasteiger partial charge in [0.05, 0.1) is 23.7 Å². The number of rotatable bonds is 6. The Bertz CT molecular complexity index is 926. The molecule has 136 valence electrons. The lowest BCUT2D eigenvalue weighted by Gasteiger charge is -2.19. The molecule has 6 nitrogen and oxygen atoms in total. The highest BCUT2D eigenvalue weighted by Crippen LogP contribution is 2.27. The summed E-state index contributed by atoms with van der Waals surface area (Å²) in [5.41, 5.74) is 3.85. The summed E-state index contributed by atoms with van der Waals surface area (Å²) in [6.07, 6.45) is 1.60. The Hall–Kier alpha value is -3.09. The van der Waals surface area contributed by atoms with Crippen molar-refractivity contribution < 1.29 is 19.4 Å². The van der Waals surface area contributed by atoms with Crippen molar-refractivity contribution in [3.05, 3.63) is 53.1 Å². The van der Waals surface area contributed by atoms with Gasteiger partial charge in [0, 0.05) is 6.21 Å². The molecule has 0 bridgehead atoms. The van der Waals surface area contributed by atoms with Gasteiger partial charge in [0.1, 0.15) is 13.6 Å². The number of carbonyl (C=O) groups is 2. The number of Topliss-reactive ketones (excluding diaryl/α,β-unsaturated/α-hetero) is 1. The molecule has 1 aliphatic rings. The number of carboxylic acid groups (broad SMARTS) is 1. The van der Waals surface area contributed by atoms with E-state index in [0.717, 1.165) is 16.8 Å². The van der Waals surface area contributed by atoms with Crippen LogP contribution in [0.4, 0.5) is 5.69 Å². The van der Waals surface area contributed by atoms with Crippen LogP contribution in [-0.4, -0.2) is 44.1 Å². The molecule has 1 aliphatic heterocycles. The van der Waals surface area contributed by atoms with Gasteiger partial charge >= 0.3 is 5.97 Å². The van der Waals surface area contributed by atoms with Crippen molar-refractivity contribution in [3.63, 3.8) is 0 Å². The second-order valence-corrected chi connectivity index (χ2v) is 6.55. The Balaban J connectivity index is 1.80. The summed E-state index contributed by atoms with van der Waals surface area (Å²) in [6, 6.07) is 10.6. The lowest BCUT2D eigenvalue weighted by Crippen LogP contribution is -2.26. The van der Waals surface area contributed by atoms with Crippen LogP contribution in [0.3, 0.4) is 0 Å². The predicted molar refractivity (Wildman–Crippen MR) is 105 cm³/mol. The van der Waals surface area contributed by atoms with Gasteiger partial charge in [-0.1, -0.05) is 35.3 Å². The molecule has 27 heavy (non-hydrogen) atoms. The number of ketones is 1.